The first kappa shape index (κ1) is 16.8. The molecule has 114 valence electrons. The smallest absolute Gasteiger partial charge is 0.407 e. The molecule has 0 radical (unpaired) electrons. The number of carbonyl (C=O) groups excluding carboxylic acids is 1. The number of nitrogens with one attached hydrogen (secondary N) is 1. The van der Waals surface area contributed by atoms with Crippen LogP contribution in [0.3, 0.4) is 0 Å². The zero-order valence-electron chi connectivity index (χ0n) is 12.8. The highest BCUT2D eigenvalue weighted by Crippen LogP contribution is 2.36. The Balaban J connectivity index is 2.56. The fourth-order valence-electron chi connectivity index (χ4n) is 1.65. The third-order valence-electron chi connectivity index (χ3n) is 4.02. The predicted octanol–water partition coefficient (Wildman–Crippen LogP) is 3.19. The third-order valence-corrected chi connectivity index (χ3v) is 8.52. The number of hydrogen-bond acceptors (Lipinski definition) is 4. The fourth-order valence-corrected chi connectivity index (χ4v) is 2.68. The minimum Gasteiger partial charge on any atom is -0.444 e. The third kappa shape index (κ3) is 4.40. The molecule has 20 heavy (non-hydrogen) atoms. The van der Waals surface area contributed by atoms with Crippen LogP contribution in [0.25, 0.3) is 10.4 Å². The summed E-state index contributed by atoms with van der Waals surface area (Å²) in [6.45, 7) is 11.6. The van der Waals surface area contributed by atoms with E-state index in [4.69, 9.17) is 14.7 Å². The number of cyclic esters (lactones) is 1. The minimum atomic E-state index is -1.85. The number of carbonyl (C=O) groups is 1. The van der Waals surface area contributed by atoms with Gasteiger partial charge in [-0.2, -0.15) is 0 Å². The largest absolute Gasteiger partial charge is 0.444 e. The maximum Gasteiger partial charge on any atom is 0.407 e. The van der Waals surface area contributed by atoms with Crippen LogP contribution in [0.15, 0.2) is 5.11 Å². The molecule has 0 aromatic carbocycles. The van der Waals surface area contributed by atoms with Gasteiger partial charge in [0.1, 0.15) is 6.10 Å². The molecule has 1 heterocycles. The summed E-state index contributed by atoms with van der Waals surface area (Å²) in [6, 6.07) is -0.175. The first-order valence-electron chi connectivity index (χ1n) is 6.79. The molecule has 1 amide bonds. The van der Waals surface area contributed by atoms with Gasteiger partial charge < -0.3 is 14.5 Å². The van der Waals surface area contributed by atoms with Crippen molar-refractivity contribution in [3.63, 3.8) is 0 Å². The summed E-state index contributed by atoms with van der Waals surface area (Å²) >= 11 is 0. The lowest BCUT2D eigenvalue weighted by Crippen LogP contribution is -2.46. The number of hydrogen-bond donors (Lipinski definition) is 1. The maximum absolute atomic E-state index is 11.3. The van der Waals surface area contributed by atoms with Crippen LogP contribution in [0.4, 0.5) is 4.79 Å². The van der Waals surface area contributed by atoms with Crippen molar-refractivity contribution in [2.75, 3.05) is 13.2 Å². The van der Waals surface area contributed by atoms with Gasteiger partial charge in [-0.15, -0.1) is 0 Å². The summed E-state index contributed by atoms with van der Waals surface area (Å²) in [5, 5.41) is 6.35. The number of azide groups is 1. The molecule has 0 unspecified atom stereocenters. The average Bonchev–Trinajstić information content (AvgIpc) is 2.66. The van der Waals surface area contributed by atoms with E-state index < -0.39 is 14.4 Å². The molecule has 1 aliphatic heterocycles. The zero-order chi connectivity index (χ0) is 15.4. The number of nitrogens with zero attached hydrogens (tertiary/aromatic N) is 3. The molecule has 1 saturated heterocycles. The van der Waals surface area contributed by atoms with E-state index in [1.165, 1.54) is 0 Å². The second-order valence-corrected chi connectivity index (χ2v) is 11.3. The van der Waals surface area contributed by atoms with Gasteiger partial charge in [0, 0.05) is 11.5 Å². The van der Waals surface area contributed by atoms with E-state index in [1.54, 1.807) is 0 Å². The molecule has 1 aliphatic rings. The van der Waals surface area contributed by atoms with Gasteiger partial charge >= 0.3 is 6.09 Å². The van der Waals surface area contributed by atoms with Gasteiger partial charge in [0.15, 0.2) is 8.32 Å². The van der Waals surface area contributed by atoms with Gasteiger partial charge in [-0.1, -0.05) is 25.9 Å². The topological polar surface area (TPSA) is 96.3 Å². The molecular formula is C12H24N4O3Si. The van der Waals surface area contributed by atoms with Crippen LogP contribution in [-0.4, -0.2) is 39.7 Å². The van der Waals surface area contributed by atoms with E-state index in [-0.39, 0.29) is 17.2 Å². The molecule has 8 heteroatoms. The van der Waals surface area contributed by atoms with Crippen molar-refractivity contribution in [2.24, 2.45) is 5.11 Å². The maximum atomic E-state index is 11.3. The number of amides is 1. The first-order valence-corrected chi connectivity index (χ1v) is 9.70. The fraction of sp³-hybridized carbons (Fsp3) is 0.917. The van der Waals surface area contributed by atoms with Crippen LogP contribution < -0.4 is 5.32 Å². The molecule has 0 aromatic rings. The summed E-state index contributed by atoms with van der Waals surface area (Å²) in [4.78, 5) is 14.0. The van der Waals surface area contributed by atoms with Gasteiger partial charge in [0.05, 0.1) is 12.6 Å². The normalized spacial score (nSPS) is 22.9. The molecule has 0 saturated carbocycles. The highest BCUT2D eigenvalue weighted by Gasteiger charge is 2.40. The molecule has 0 aliphatic carbocycles. The highest BCUT2D eigenvalue weighted by atomic mass is 28.4. The Labute approximate surface area is 120 Å². The molecule has 2 atom stereocenters. The van der Waals surface area contributed by atoms with Crippen LogP contribution >= 0.6 is 0 Å². The van der Waals surface area contributed by atoms with Crippen molar-refractivity contribution in [3.8, 4) is 0 Å². The molecule has 0 spiro atoms. The Morgan fingerprint density at radius 1 is 1.50 bits per heavy atom. The van der Waals surface area contributed by atoms with Crippen molar-refractivity contribution in [1.82, 2.24) is 5.32 Å². The van der Waals surface area contributed by atoms with Gasteiger partial charge in [0.2, 0.25) is 0 Å². The summed E-state index contributed by atoms with van der Waals surface area (Å²) in [5.41, 5.74) is 8.27. The first-order chi connectivity index (χ1) is 9.17. The van der Waals surface area contributed by atoms with E-state index in [0.717, 1.165) is 0 Å². The summed E-state index contributed by atoms with van der Waals surface area (Å²) in [6.07, 6.45) is -0.216. The van der Waals surface area contributed by atoms with Gasteiger partial charge in [-0.25, -0.2) is 4.79 Å². The van der Waals surface area contributed by atoms with E-state index in [1.807, 2.05) is 0 Å². The Kier molecular flexibility index (Phi) is 5.44. The monoisotopic (exact) mass is 300 g/mol. The SMILES string of the molecule is CC(C)(C)[Si](C)(C)OC[C@H]1NC(=O)O[C@@H]1CCN=[N+]=[N-]. The predicted molar refractivity (Wildman–Crippen MR) is 79.0 cm³/mol. The highest BCUT2D eigenvalue weighted by molar-refractivity contribution is 6.74. The molecule has 0 bridgehead atoms. The Bertz CT molecular complexity index is 402. The zero-order valence-corrected chi connectivity index (χ0v) is 13.8. The summed E-state index contributed by atoms with van der Waals surface area (Å²) < 4.78 is 11.3. The van der Waals surface area contributed by atoms with Crippen LogP contribution in [-0.2, 0) is 9.16 Å². The van der Waals surface area contributed by atoms with Gasteiger partial charge in [0.25, 0.3) is 0 Å². The van der Waals surface area contributed by atoms with Crippen molar-refractivity contribution >= 4 is 14.4 Å². The summed E-state index contributed by atoms with van der Waals surface area (Å²) in [5.74, 6) is 0. The van der Waals surface area contributed by atoms with E-state index in [0.29, 0.717) is 19.6 Å². The molecule has 0 aromatic heterocycles. The average molecular weight is 300 g/mol. The molecule has 1 rings (SSSR count). The Hall–Kier alpha value is -1.24. The van der Waals surface area contributed by atoms with Crippen LogP contribution in [0.5, 0.6) is 0 Å². The number of rotatable bonds is 6. The quantitative estimate of drug-likeness (QED) is 0.353. The second kappa shape index (κ2) is 6.47. The molecular weight excluding hydrogens is 276 g/mol. The molecule has 1 fully saturated rings. The molecule has 1 N–H and O–H groups in total. The lowest BCUT2D eigenvalue weighted by Gasteiger charge is -2.37. The lowest BCUT2D eigenvalue weighted by atomic mass is 10.1. The van der Waals surface area contributed by atoms with Gasteiger partial charge in [-0.05, 0) is 30.1 Å². The van der Waals surface area contributed by atoms with Crippen LogP contribution in [0, 0.1) is 0 Å². The number of alkyl carbamates (subject to hydrolysis) is 1. The van der Waals surface area contributed by atoms with Crippen molar-refractivity contribution in [3.05, 3.63) is 10.4 Å². The molecule has 7 nitrogen and oxygen atoms in total. The van der Waals surface area contributed by atoms with Gasteiger partial charge in [-0.3, -0.25) is 0 Å². The standard InChI is InChI=1S/C12H24N4O3Si/c1-12(2,3)20(4,5)18-8-9-10(6-7-14-16-13)19-11(17)15-9/h9-10H,6-8H2,1-5H3,(H,15,17)/t9-,10-/m1/s1. The van der Waals surface area contributed by atoms with Crippen LogP contribution in [0.2, 0.25) is 18.1 Å². The van der Waals surface area contributed by atoms with E-state index in [9.17, 15) is 4.79 Å². The van der Waals surface area contributed by atoms with Crippen molar-refractivity contribution in [1.29, 1.82) is 0 Å². The minimum absolute atomic E-state index is 0.122. The van der Waals surface area contributed by atoms with Crippen molar-refractivity contribution < 1.29 is 14.0 Å². The lowest BCUT2D eigenvalue weighted by molar-refractivity contribution is 0.115. The Morgan fingerprint density at radius 2 is 2.15 bits per heavy atom. The van der Waals surface area contributed by atoms with E-state index >= 15 is 0 Å². The Morgan fingerprint density at radius 3 is 2.70 bits per heavy atom. The van der Waals surface area contributed by atoms with Crippen molar-refractivity contribution in [2.45, 2.75) is 57.5 Å². The van der Waals surface area contributed by atoms with E-state index in [2.05, 4.69) is 49.2 Å². The summed E-state index contributed by atoms with van der Waals surface area (Å²) in [7, 11) is -1.85. The second-order valence-electron chi connectivity index (χ2n) is 6.51. The van der Waals surface area contributed by atoms with Crippen LogP contribution in [0.1, 0.15) is 27.2 Å². The number of ether oxygens (including phenoxy) is 1.